The number of fused-ring (bicyclic) bond motifs is 2. The Labute approximate surface area is 356 Å². The number of hydrogen-bond donors (Lipinski definition) is 2. The number of unbranched alkanes of at least 4 members (excludes halogenated alkanes) is 6. The molecule has 0 spiro atoms. The minimum absolute atomic E-state index is 0.0332. The zero-order chi connectivity index (χ0) is 44.3. The standard InChI is InChI=1S/C44H64N4O10S2/c1-7-58-42(51)20-13-10-16-29-48-33(3)44(6,37-31-35(60(55,56)57)22-24-39(37)48)25-14-8-11-18-40(49)45-26-17-27-46-41(50)19-12-9-15-28-47-32(2)43(4,5)36-30-34(59(52,53)54)21-23-38(36)47/h21-24,30-31H,7-20,25-29H2,1-6H3,(H2-2,45,46,49,50,52,53,54,55,56,57). The molecule has 332 valence electrons. The Hall–Kier alpha value is -3.99. The van der Waals surface area contributed by atoms with Gasteiger partial charge in [-0.2, -0.15) is 9.15 Å². The SMILES string of the molecule is CCOC(=O)CCCCC[N+]1=C(C)C(C)(CCCCCC(=O)NCCCNC(=O)CCCCC[N+]2=C(C)C(C)(C)c3cc(S(=O)(=O)[O-])ccc32)c2cc(S(=O)(=O)[O-])ccc21. The Morgan fingerprint density at radius 3 is 1.62 bits per heavy atom. The lowest BCUT2D eigenvalue weighted by Crippen LogP contribution is -2.31. The summed E-state index contributed by atoms with van der Waals surface area (Å²) in [5, 5.41) is 5.86. The van der Waals surface area contributed by atoms with Gasteiger partial charge in [0, 0.05) is 82.3 Å². The molecule has 1 unspecified atom stereocenters. The number of esters is 1. The van der Waals surface area contributed by atoms with E-state index in [9.17, 15) is 40.3 Å². The van der Waals surface area contributed by atoms with Crippen molar-refractivity contribution in [2.75, 3.05) is 32.8 Å². The quantitative estimate of drug-likeness (QED) is 0.0499. The maximum Gasteiger partial charge on any atom is 0.305 e. The molecule has 2 aromatic carbocycles. The normalized spacial score (nSPS) is 17.1. The molecule has 0 saturated heterocycles. The number of amides is 2. The minimum Gasteiger partial charge on any atom is -0.744 e. The number of nitrogens with zero attached hydrogens (tertiary/aromatic N) is 2. The highest BCUT2D eigenvalue weighted by molar-refractivity contribution is 7.86. The fraction of sp³-hybridized carbons (Fsp3) is 0.614. The molecule has 2 aromatic rings. The predicted molar refractivity (Wildman–Crippen MR) is 227 cm³/mol. The molecular formula is C44H64N4O10S2. The highest BCUT2D eigenvalue weighted by Crippen LogP contribution is 2.44. The van der Waals surface area contributed by atoms with Gasteiger partial charge in [-0.15, -0.1) is 0 Å². The van der Waals surface area contributed by atoms with Crippen LogP contribution < -0.4 is 10.6 Å². The molecule has 14 nitrogen and oxygen atoms in total. The van der Waals surface area contributed by atoms with Crippen molar-refractivity contribution >= 4 is 60.8 Å². The second-order valence-electron chi connectivity index (χ2n) is 16.7. The van der Waals surface area contributed by atoms with Crippen molar-refractivity contribution in [1.29, 1.82) is 0 Å². The summed E-state index contributed by atoms with van der Waals surface area (Å²) in [5.41, 5.74) is 4.71. The number of carbonyl (C=O) groups is 3. The molecule has 0 bridgehead atoms. The highest BCUT2D eigenvalue weighted by atomic mass is 32.2. The van der Waals surface area contributed by atoms with Gasteiger partial charge in [0.2, 0.25) is 23.2 Å². The van der Waals surface area contributed by atoms with Crippen LogP contribution in [-0.4, -0.2) is 97.1 Å². The molecule has 0 aliphatic carbocycles. The van der Waals surface area contributed by atoms with Crippen molar-refractivity contribution < 1.29 is 54.2 Å². The van der Waals surface area contributed by atoms with Crippen molar-refractivity contribution in [2.24, 2.45) is 0 Å². The first-order chi connectivity index (χ1) is 28.2. The van der Waals surface area contributed by atoms with Gasteiger partial charge in [-0.1, -0.05) is 12.8 Å². The molecule has 0 saturated carbocycles. The van der Waals surface area contributed by atoms with Crippen LogP contribution >= 0.6 is 0 Å². The van der Waals surface area contributed by atoms with Gasteiger partial charge in [0.1, 0.15) is 33.3 Å². The van der Waals surface area contributed by atoms with Crippen LogP contribution in [0.25, 0.3) is 0 Å². The van der Waals surface area contributed by atoms with Crippen molar-refractivity contribution in [1.82, 2.24) is 10.6 Å². The van der Waals surface area contributed by atoms with Gasteiger partial charge in [-0.25, -0.2) is 16.8 Å². The lowest BCUT2D eigenvalue weighted by atomic mass is 9.76. The van der Waals surface area contributed by atoms with Gasteiger partial charge in [0.05, 0.1) is 27.2 Å². The number of rotatable bonds is 25. The topological polar surface area (TPSA) is 205 Å². The first kappa shape index (κ1) is 48.7. The molecule has 0 aromatic heterocycles. The second kappa shape index (κ2) is 21.2. The first-order valence-electron chi connectivity index (χ1n) is 21.3. The Balaban J connectivity index is 1.12. The third-order valence-electron chi connectivity index (χ3n) is 12.3. The molecule has 1 atom stereocenters. The molecule has 2 aliphatic rings. The Morgan fingerprint density at radius 1 is 0.633 bits per heavy atom. The fourth-order valence-electron chi connectivity index (χ4n) is 8.38. The summed E-state index contributed by atoms with van der Waals surface area (Å²) < 4.78 is 79.9. The van der Waals surface area contributed by atoms with Crippen molar-refractivity contribution in [3.63, 3.8) is 0 Å². The summed E-state index contributed by atoms with van der Waals surface area (Å²) in [6.45, 7) is 14.7. The van der Waals surface area contributed by atoms with E-state index in [2.05, 4.69) is 26.7 Å². The Morgan fingerprint density at radius 2 is 1.10 bits per heavy atom. The van der Waals surface area contributed by atoms with E-state index in [-0.39, 0.29) is 27.6 Å². The van der Waals surface area contributed by atoms with E-state index >= 15 is 0 Å². The zero-order valence-corrected chi connectivity index (χ0v) is 37.8. The van der Waals surface area contributed by atoms with E-state index in [1.807, 2.05) is 27.7 Å². The summed E-state index contributed by atoms with van der Waals surface area (Å²) >= 11 is 0. The molecule has 60 heavy (non-hydrogen) atoms. The predicted octanol–water partition coefficient (Wildman–Crippen LogP) is 6.22. The lowest BCUT2D eigenvalue weighted by Gasteiger charge is -2.23. The first-order valence-corrected chi connectivity index (χ1v) is 24.2. The molecule has 0 radical (unpaired) electrons. The highest BCUT2D eigenvalue weighted by Gasteiger charge is 2.46. The average Bonchev–Trinajstić information content (AvgIpc) is 3.50. The smallest absolute Gasteiger partial charge is 0.305 e. The summed E-state index contributed by atoms with van der Waals surface area (Å²) in [6, 6.07) is 9.16. The van der Waals surface area contributed by atoms with Gasteiger partial charge in [-0.05, 0) is 96.9 Å². The van der Waals surface area contributed by atoms with Crippen LogP contribution in [0.4, 0.5) is 11.4 Å². The number of nitrogens with one attached hydrogen (secondary N) is 2. The fourth-order valence-corrected chi connectivity index (χ4v) is 9.37. The zero-order valence-electron chi connectivity index (χ0n) is 36.2. The number of hydrogen-bond acceptors (Lipinski definition) is 10. The Kier molecular flexibility index (Phi) is 17.2. The monoisotopic (exact) mass is 872 g/mol. The molecule has 2 heterocycles. The van der Waals surface area contributed by atoms with E-state index in [0.717, 1.165) is 98.3 Å². The van der Waals surface area contributed by atoms with Crippen LogP contribution in [0.3, 0.4) is 0 Å². The van der Waals surface area contributed by atoms with E-state index in [1.165, 1.54) is 24.3 Å². The Bertz CT molecular complexity index is 2180. The van der Waals surface area contributed by atoms with Gasteiger partial charge in [0.25, 0.3) is 0 Å². The molecule has 4 rings (SSSR count). The van der Waals surface area contributed by atoms with Crippen LogP contribution in [0.2, 0.25) is 0 Å². The maximum atomic E-state index is 12.5. The average molecular weight is 873 g/mol. The summed E-state index contributed by atoms with van der Waals surface area (Å²) in [7, 11) is -9.17. The molecule has 16 heteroatoms. The third kappa shape index (κ3) is 12.5. The van der Waals surface area contributed by atoms with Crippen molar-refractivity contribution in [3.05, 3.63) is 47.5 Å². The van der Waals surface area contributed by atoms with Crippen LogP contribution in [-0.2, 0) is 50.2 Å². The van der Waals surface area contributed by atoms with E-state index < -0.39 is 31.1 Å². The second-order valence-corrected chi connectivity index (χ2v) is 19.5. The number of ether oxygens (including phenoxy) is 1. The van der Waals surface area contributed by atoms with Gasteiger partial charge < -0.3 is 24.5 Å². The number of benzene rings is 2. The molecule has 2 amide bonds. The van der Waals surface area contributed by atoms with Crippen LogP contribution in [0, 0.1) is 0 Å². The molecule has 2 N–H and O–H groups in total. The van der Waals surface area contributed by atoms with E-state index in [1.54, 1.807) is 19.1 Å². The third-order valence-corrected chi connectivity index (χ3v) is 14.0. The van der Waals surface area contributed by atoms with Gasteiger partial charge in [-0.3, -0.25) is 14.4 Å². The van der Waals surface area contributed by atoms with Crippen molar-refractivity contribution in [3.8, 4) is 0 Å². The van der Waals surface area contributed by atoms with Crippen LogP contribution in [0.5, 0.6) is 0 Å². The molecule has 0 fully saturated rings. The molecular weight excluding hydrogens is 809 g/mol. The molecule has 2 aliphatic heterocycles. The minimum atomic E-state index is -4.63. The van der Waals surface area contributed by atoms with Crippen LogP contribution in [0.1, 0.15) is 143 Å². The largest absolute Gasteiger partial charge is 0.744 e. The van der Waals surface area contributed by atoms with Crippen LogP contribution in [0.15, 0.2) is 46.2 Å². The van der Waals surface area contributed by atoms with E-state index in [0.29, 0.717) is 58.3 Å². The van der Waals surface area contributed by atoms with E-state index in [4.69, 9.17) is 4.74 Å². The summed E-state index contributed by atoms with van der Waals surface area (Å²) in [5.74, 6) is -0.280. The number of carbonyl (C=O) groups excluding carboxylic acids is 3. The van der Waals surface area contributed by atoms with Crippen molar-refractivity contribution in [2.45, 2.75) is 152 Å². The maximum absolute atomic E-state index is 12.5. The lowest BCUT2D eigenvalue weighted by molar-refractivity contribution is -0.440. The van der Waals surface area contributed by atoms with Gasteiger partial charge >= 0.3 is 5.97 Å². The van der Waals surface area contributed by atoms with Gasteiger partial charge in [0.15, 0.2) is 11.4 Å². The summed E-state index contributed by atoms with van der Waals surface area (Å²) in [4.78, 5) is 36.2. The summed E-state index contributed by atoms with van der Waals surface area (Å²) in [6.07, 6.45) is 9.57.